The lowest BCUT2D eigenvalue weighted by molar-refractivity contribution is -0.113. The molecule has 0 unspecified atom stereocenters. The Morgan fingerprint density at radius 3 is 1.89 bits per heavy atom. The number of halogens is 2. The average Bonchev–Trinajstić information content (AvgIpc) is 2.55. The first-order chi connectivity index (χ1) is 12.8. The highest BCUT2D eigenvalue weighted by molar-refractivity contribution is 8.00. The van der Waals surface area contributed by atoms with E-state index in [9.17, 15) is 9.90 Å². The van der Waals surface area contributed by atoms with Gasteiger partial charge < -0.3 is 10.4 Å². The van der Waals surface area contributed by atoms with E-state index in [0.29, 0.717) is 21.5 Å². The predicted molar refractivity (Wildman–Crippen MR) is 121 cm³/mol. The lowest BCUT2D eigenvalue weighted by Gasteiger charge is -2.28. The molecule has 0 fully saturated rings. The number of aromatic hydroxyl groups is 1. The van der Waals surface area contributed by atoms with E-state index >= 15 is 0 Å². The van der Waals surface area contributed by atoms with Crippen LogP contribution in [0.2, 0.25) is 10.0 Å². The molecular formula is C22H27Cl2NO2S. The maximum atomic E-state index is 12.4. The first-order valence-electron chi connectivity index (χ1n) is 9.05. The minimum Gasteiger partial charge on any atom is -0.507 e. The van der Waals surface area contributed by atoms with Crippen LogP contribution in [0, 0.1) is 0 Å². The van der Waals surface area contributed by atoms with E-state index in [0.717, 1.165) is 16.0 Å². The Kier molecular flexibility index (Phi) is 7.01. The van der Waals surface area contributed by atoms with Gasteiger partial charge in [0.1, 0.15) is 5.75 Å². The van der Waals surface area contributed by atoms with E-state index in [1.54, 1.807) is 18.2 Å². The van der Waals surface area contributed by atoms with Gasteiger partial charge in [-0.05, 0) is 35.1 Å². The molecule has 0 aliphatic rings. The number of carbonyl (C=O) groups is 1. The molecule has 0 aliphatic heterocycles. The second kappa shape index (κ2) is 8.56. The number of phenolic OH excluding ortho intramolecular Hbond substituents is 1. The Morgan fingerprint density at radius 2 is 1.46 bits per heavy atom. The molecule has 0 radical (unpaired) electrons. The third-order valence-corrected chi connectivity index (χ3v) is 5.90. The number of para-hydroxylation sites is 1. The number of carbonyl (C=O) groups excluding carboxylic acids is 1. The number of phenols is 1. The summed E-state index contributed by atoms with van der Waals surface area (Å²) >= 11 is 13.7. The van der Waals surface area contributed by atoms with Gasteiger partial charge in [0, 0.05) is 16.0 Å². The molecule has 0 saturated carbocycles. The standard InChI is InChI=1S/C22H27Cl2NO2S/c1-21(2,3)14-10-13(11-15(20(14)27)22(4,5)6)28-12-18(26)25-19-16(23)8-7-9-17(19)24/h7-11,27H,12H2,1-6H3,(H,25,26). The molecule has 3 nitrogen and oxygen atoms in total. The van der Waals surface area contributed by atoms with Crippen LogP contribution >= 0.6 is 35.0 Å². The molecule has 0 aliphatic carbocycles. The number of hydrogen-bond acceptors (Lipinski definition) is 3. The van der Waals surface area contributed by atoms with Gasteiger partial charge in [-0.25, -0.2) is 0 Å². The van der Waals surface area contributed by atoms with Crippen molar-refractivity contribution in [3.05, 3.63) is 51.5 Å². The van der Waals surface area contributed by atoms with E-state index < -0.39 is 0 Å². The predicted octanol–water partition coefficient (Wildman–Crippen LogP) is 7.02. The molecule has 28 heavy (non-hydrogen) atoms. The Bertz CT molecular complexity index is 828. The van der Waals surface area contributed by atoms with Crippen molar-refractivity contribution in [2.45, 2.75) is 57.3 Å². The highest BCUT2D eigenvalue weighted by Crippen LogP contribution is 2.41. The number of nitrogens with one attached hydrogen (secondary N) is 1. The number of anilines is 1. The van der Waals surface area contributed by atoms with E-state index in [4.69, 9.17) is 23.2 Å². The lowest BCUT2D eigenvalue weighted by Crippen LogP contribution is -2.18. The molecule has 2 N–H and O–H groups in total. The zero-order valence-corrected chi connectivity index (χ0v) is 19.4. The number of amides is 1. The fourth-order valence-corrected chi connectivity index (χ4v) is 4.04. The van der Waals surface area contributed by atoms with Crippen molar-refractivity contribution in [3.63, 3.8) is 0 Å². The fraction of sp³-hybridized carbons (Fsp3) is 0.409. The minimum absolute atomic E-state index is 0.192. The average molecular weight is 440 g/mol. The largest absolute Gasteiger partial charge is 0.507 e. The Labute approximate surface area is 181 Å². The number of benzene rings is 2. The Balaban J connectivity index is 2.25. The highest BCUT2D eigenvalue weighted by Gasteiger charge is 2.26. The van der Waals surface area contributed by atoms with Crippen molar-refractivity contribution < 1.29 is 9.90 Å². The second-order valence-corrected chi connectivity index (χ2v) is 10.7. The summed E-state index contributed by atoms with van der Waals surface area (Å²) in [5, 5.41) is 14.4. The van der Waals surface area contributed by atoms with E-state index in [1.165, 1.54) is 11.8 Å². The number of hydrogen-bond donors (Lipinski definition) is 2. The molecule has 2 aromatic rings. The molecule has 0 atom stereocenters. The summed E-state index contributed by atoms with van der Waals surface area (Å²) in [6, 6.07) is 9.02. The Hall–Kier alpha value is -1.36. The monoisotopic (exact) mass is 439 g/mol. The lowest BCUT2D eigenvalue weighted by atomic mass is 9.79. The van der Waals surface area contributed by atoms with Gasteiger partial charge in [-0.15, -0.1) is 11.8 Å². The molecule has 6 heteroatoms. The van der Waals surface area contributed by atoms with E-state index in [1.807, 2.05) is 12.1 Å². The summed E-state index contributed by atoms with van der Waals surface area (Å²) in [5.74, 6) is 0.346. The van der Waals surface area contributed by atoms with Crippen LogP contribution in [0.3, 0.4) is 0 Å². The van der Waals surface area contributed by atoms with Crippen molar-refractivity contribution in [1.29, 1.82) is 0 Å². The van der Waals surface area contributed by atoms with Gasteiger partial charge in [0.05, 0.1) is 21.5 Å². The maximum Gasteiger partial charge on any atom is 0.234 e. The zero-order chi connectivity index (χ0) is 21.3. The fourth-order valence-electron chi connectivity index (χ4n) is 2.78. The van der Waals surface area contributed by atoms with Crippen LogP contribution in [0.5, 0.6) is 5.75 Å². The van der Waals surface area contributed by atoms with Crippen molar-refractivity contribution in [2.24, 2.45) is 0 Å². The molecule has 0 aromatic heterocycles. The summed E-state index contributed by atoms with van der Waals surface area (Å²) in [6.45, 7) is 12.4. The van der Waals surface area contributed by atoms with Crippen molar-refractivity contribution >= 4 is 46.6 Å². The van der Waals surface area contributed by atoms with Gasteiger partial charge in [-0.2, -0.15) is 0 Å². The molecule has 0 spiro atoms. The van der Waals surface area contributed by atoms with Gasteiger partial charge >= 0.3 is 0 Å². The van der Waals surface area contributed by atoms with Crippen molar-refractivity contribution in [2.75, 3.05) is 11.1 Å². The molecule has 152 valence electrons. The molecule has 0 bridgehead atoms. The first-order valence-corrected chi connectivity index (χ1v) is 10.8. The normalized spacial score (nSPS) is 12.1. The van der Waals surface area contributed by atoms with Crippen LogP contribution in [0.15, 0.2) is 35.2 Å². The highest BCUT2D eigenvalue weighted by atomic mass is 35.5. The van der Waals surface area contributed by atoms with Crippen LogP contribution in [0.4, 0.5) is 5.69 Å². The smallest absolute Gasteiger partial charge is 0.234 e. The summed E-state index contributed by atoms with van der Waals surface area (Å²) in [7, 11) is 0. The van der Waals surface area contributed by atoms with Gasteiger partial charge in [-0.3, -0.25) is 4.79 Å². The quantitative estimate of drug-likeness (QED) is 0.502. The van der Waals surface area contributed by atoms with Gasteiger partial charge in [-0.1, -0.05) is 70.8 Å². The van der Waals surface area contributed by atoms with Gasteiger partial charge in [0.15, 0.2) is 0 Å². The minimum atomic E-state index is -0.214. The number of rotatable bonds is 4. The summed E-state index contributed by atoms with van der Waals surface area (Å²) in [5.41, 5.74) is 1.74. The van der Waals surface area contributed by atoms with Crippen LogP contribution in [-0.2, 0) is 15.6 Å². The SMILES string of the molecule is CC(C)(C)c1cc(SCC(=O)Nc2c(Cl)cccc2Cl)cc(C(C)(C)C)c1O. The second-order valence-electron chi connectivity index (χ2n) is 8.80. The molecule has 0 heterocycles. The number of thioether (sulfide) groups is 1. The third kappa shape index (κ3) is 5.59. The molecule has 2 rings (SSSR count). The maximum absolute atomic E-state index is 12.4. The zero-order valence-electron chi connectivity index (χ0n) is 17.1. The van der Waals surface area contributed by atoms with Crippen LogP contribution in [0.25, 0.3) is 0 Å². The first kappa shape index (κ1) is 22.9. The van der Waals surface area contributed by atoms with Crippen molar-refractivity contribution in [3.8, 4) is 5.75 Å². The Morgan fingerprint density at radius 1 is 1.00 bits per heavy atom. The van der Waals surface area contributed by atoms with E-state index in [2.05, 4.69) is 46.9 Å². The molecular weight excluding hydrogens is 413 g/mol. The van der Waals surface area contributed by atoms with Crippen molar-refractivity contribution in [1.82, 2.24) is 0 Å². The third-order valence-electron chi connectivity index (χ3n) is 4.30. The summed E-state index contributed by atoms with van der Waals surface area (Å²) in [4.78, 5) is 13.4. The summed E-state index contributed by atoms with van der Waals surface area (Å²) < 4.78 is 0. The van der Waals surface area contributed by atoms with Crippen LogP contribution < -0.4 is 5.32 Å². The molecule has 1 amide bonds. The van der Waals surface area contributed by atoms with E-state index in [-0.39, 0.29) is 22.5 Å². The van der Waals surface area contributed by atoms with Crippen LogP contribution in [-0.4, -0.2) is 16.8 Å². The van der Waals surface area contributed by atoms with Gasteiger partial charge in [0.2, 0.25) is 5.91 Å². The van der Waals surface area contributed by atoms with Gasteiger partial charge in [0.25, 0.3) is 0 Å². The molecule has 2 aromatic carbocycles. The topological polar surface area (TPSA) is 49.3 Å². The summed E-state index contributed by atoms with van der Waals surface area (Å²) in [6.07, 6.45) is 0. The van der Waals surface area contributed by atoms with Crippen LogP contribution in [0.1, 0.15) is 52.7 Å². The molecule has 0 saturated heterocycles.